The molecule has 0 bridgehead atoms. The minimum Gasteiger partial charge on any atom is -1.00 e. The first-order chi connectivity index (χ1) is 20.2. The van der Waals surface area contributed by atoms with Crippen molar-refractivity contribution in [3.8, 4) is 5.75 Å². The maximum Gasteiger partial charge on any atom is 0.323 e. The van der Waals surface area contributed by atoms with Gasteiger partial charge < -0.3 is 28.7 Å². The van der Waals surface area contributed by atoms with E-state index in [1.165, 1.54) is 70.6 Å². The van der Waals surface area contributed by atoms with Gasteiger partial charge in [-0.3, -0.25) is 9.69 Å². The van der Waals surface area contributed by atoms with Crippen molar-refractivity contribution in [2.45, 2.75) is 117 Å². The molecule has 5 heteroatoms. The SMILES string of the molecule is CCCCCCCCCCCCCCOc1cccc(CN(C(=O)c2cccc[n+]2CCC)c2ccccc2)c1C.[I-]. The van der Waals surface area contributed by atoms with E-state index in [2.05, 4.69) is 37.5 Å². The number of hydrogen-bond donors (Lipinski definition) is 0. The Morgan fingerprint density at radius 1 is 0.714 bits per heavy atom. The number of halogens is 1. The number of para-hydroxylation sites is 1. The zero-order chi connectivity index (χ0) is 29.1. The smallest absolute Gasteiger partial charge is 0.323 e. The standard InChI is InChI=1S/C37H53N2O2.HI/c1-4-6-7-8-9-10-11-12-13-14-15-21-30-41-36-27-22-23-33(32(36)3)31-39(34-24-17-16-18-25-34)37(40)35-26-19-20-29-38(35)28-5-2;/h16-20,22-27,29H,4-15,21,28,30-31H2,1-3H3;1H/q+1;/p-1. The van der Waals surface area contributed by atoms with Gasteiger partial charge in [-0.25, -0.2) is 0 Å². The maximum absolute atomic E-state index is 13.9. The van der Waals surface area contributed by atoms with Gasteiger partial charge in [-0.05, 0) is 48.7 Å². The molecule has 3 rings (SSSR count). The lowest BCUT2D eigenvalue weighted by Gasteiger charge is -2.23. The first-order valence-corrected chi connectivity index (χ1v) is 16.2. The topological polar surface area (TPSA) is 33.4 Å². The quantitative estimate of drug-likeness (QED) is 0.0762. The Kier molecular flexibility index (Phi) is 18.2. The van der Waals surface area contributed by atoms with E-state index >= 15 is 0 Å². The number of aromatic nitrogens is 1. The zero-order valence-electron chi connectivity index (χ0n) is 26.3. The largest absolute Gasteiger partial charge is 1.00 e. The minimum absolute atomic E-state index is 0. The van der Waals surface area contributed by atoms with Crippen LogP contribution in [-0.4, -0.2) is 12.5 Å². The Morgan fingerprint density at radius 2 is 1.33 bits per heavy atom. The fourth-order valence-corrected chi connectivity index (χ4v) is 5.42. The fraction of sp³-hybridized carbons (Fsp3) is 0.514. The zero-order valence-corrected chi connectivity index (χ0v) is 28.5. The molecule has 0 radical (unpaired) electrons. The van der Waals surface area contributed by atoms with Crippen molar-refractivity contribution in [1.82, 2.24) is 0 Å². The first kappa shape index (κ1) is 35.8. The van der Waals surface area contributed by atoms with E-state index in [0.29, 0.717) is 12.2 Å². The van der Waals surface area contributed by atoms with Crippen molar-refractivity contribution >= 4 is 11.6 Å². The lowest BCUT2D eigenvalue weighted by molar-refractivity contribution is -0.698. The highest BCUT2D eigenvalue weighted by Gasteiger charge is 2.26. The highest BCUT2D eigenvalue weighted by Crippen LogP contribution is 2.26. The molecule has 42 heavy (non-hydrogen) atoms. The van der Waals surface area contributed by atoms with Gasteiger partial charge >= 0.3 is 5.91 Å². The average Bonchev–Trinajstić information content (AvgIpc) is 3.00. The summed E-state index contributed by atoms with van der Waals surface area (Å²) in [5.74, 6) is 0.930. The number of carbonyl (C=O) groups is 1. The Bertz CT molecular complexity index is 1150. The number of ether oxygens (including phenoxy) is 1. The van der Waals surface area contributed by atoms with Crippen LogP contribution in [0.25, 0.3) is 0 Å². The summed E-state index contributed by atoms with van der Waals surface area (Å²) in [5.41, 5.74) is 3.81. The molecule has 230 valence electrons. The molecule has 0 saturated carbocycles. The molecule has 0 fully saturated rings. The van der Waals surface area contributed by atoms with Crippen LogP contribution in [0.15, 0.2) is 72.9 Å². The number of unbranched alkanes of at least 4 members (excludes halogenated alkanes) is 11. The number of amides is 1. The van der Waals surface area contributed by atoms with Crippen molar-refractivity contribution in [1.29, 1.82) is 0 Å². The average molecular weight is 685 g/mol. The van der Waals surface area contributed by atoms with Crippen LogP contribution in [0.1, 0.15) is 119 Å². The fourth-order valence-electron chi connectivity index (χ4n) is 5.42. The molecule has 2 aromatic carbocycles. The van der Waals surface area contributed by atoms with Gasteiger partial charge in [0.25, 0.3) is 5.69 Å². The summed E-state index contributed by atoms with van der Waals surface area (Å²) in [6.07, 6.45) is 19.0. The van der Waals surface area contributed by atoms with Crippen LogP contribution in [0.3, 0.4) is 0 Å². The Balaban J connectivity index is 0.00000616. The van der Waals surface area contributed by atoms with Gasteiger partial charge in [0.05, 0.1) is 13.2 Å². The number of aryl methyl sites for hydroxylation is 1. The number of benzene rings is 2. The molecule has 0 saturated heterocycles. The van der Waals surface area contributed by atoms with E-state index in [9.17, 15) is 4.79 Å². The van der Waals surface area contributed by atoms with E-state index in [-0.39, 0.29) is 29.9 Å². The summed E-state index contributed by atoms with van der Waals surface area (Å²) in [5, 5.41) is 0. The van der Waals surface area contributed by atoms with Crippen LogP contribution in [0.2, 0.25) is 0 Å². The van der Waals surface area contributed by atoms with Gasteiger partial charge in [0.1, 0.15) is 12.3 Å². The van der Waals surface area contributed by atoms with Gasteiger partial charge in [-0.2, -0.15) is 4.57 Å². The van der Waals surface area contributed by atoms with E-state index in [1.54, 1.807) is 0 Å². The van der Waals surface area contributed by atoms with Crippen LogP contribution >= 0.6 is 0 Å². The number of pyridine rings is 1. The summed E-state index contributed by atoms with van der Waals surface area (Å²) in [7, 11) is 0. The number of nitrogens with zero attached hydrogens (tertiary/aromatic N) is 2. The van der Waals surface area contributed by atoms with E-state index in [1.807, 2.05) is 65.7 Å². The summed E-state index contributed by atoms with van der Waals surface area (Å²) < 4.78 is 8.30. The molecule has 0 unspecified atom stereocenters. The van der Waals surface area contributed by atoms with Gasteiger partial charge in [0.2, 0.25) is 0 Å². The molecule has 1 heterocycles. The van der Waals surface area contributed by atoms with Gasteiger partial charge in [-0.1, -0.05) is 115 Å². The van der Waals surface area contributed by atoms with E-state index in [4.69, 9.17) is 4.74 Å². The molecule has 0 aliphatic heterocycles. The molecule has 1 aromatic heterocycles. The molecular weight excluding hydrogens is 631 g/mol. The second-order valence-electron chi connectivity index (χ2n) is 11.3. The molecular formula is C37H53IN2O2. The predicted octanol–water partition coefficient (Wildman–Crippen LogP) is 6.62. The predicted molar refractivity (Wildman–Crippen MR) is 172 cm³/mol. The van der Waals surface area contributed by atoms with E-state index in [0.717, 1.165) is 48.6 Å². The summed E-state index contributed by atoms with van der Waals surface area (Å²) in [4.78, 5) is 15.8. The molecule has 0 spiro atoms. The second kappa shape index (κ2) is 21.3. The number of anilines is 1. The molecule has 0 N–H and O–H groups in total. The monoisotopic (exact) mass is 684 g/mol. The van der Waals surface area contributed by atoms with Crippen molar-refractivity contribution in [2.75, 3.05) is 11.5 Å². The van der Waals surface area contributed by atoms with Gasteiger partial charge in [0.15, 0.2) is 6.20 Å². The lowest BCUT2D eigenvalue weighted by atomic mass is 10.1. The summed E-state index contributed by atoms with van der Waals surface area (Å²) in [6, 6.07) is 22.1. The van der Waals surface area contributed by atoms with Crippen molar-refractivity contribution in [3.63, 3.8) is 0 Å². The number of rotatable bonds is 20. The van der Waals surface area contributed by atoms with Crippen LogP contribution < -0.4 is 38.2 Å². The van der Waals surface area contributed by atoms with Crippen LogP contribution in [0.4, 0.5) is 5.69 Å². The third-order valence-electron chi connectivity index (χ3n) is 7.92. The third kappa shape index (κ3) is 12.1. The Morgan fingerprint density at radius 3 is 1.98 bits per heavy atom. The van der Waals surface area contributed by atoms with Gasteiger partial charge in [0, 0.05) is 24.2 Å². The number of carbonyl (C=O) groups excluding carboxylic acids is 1. The van der Waals surface area contributed by atoms with Crippen LogP contribution in [0.5, 0.6) is 5.75 Å². The number of hydrogen-bond acceptors (Lipinski definition) is 2. The van der Waals surface area contributed by atoms with Gasteiger partial charge in [-0.15, -0.1) is 0 Å². The lowest BCUT2D eigenvalue weighted by Crippen LogP contribution is -3.00. The Hall–Kier alpha value is -2.41. The second-order valence-corrected chi connectivity index (χ2v) is 11.3. The molecule has 1 amide bonds. The van der Waals surface area contributed by atoms with Crippen LogP contribution in [0, 0.1) is 6.92 Å². The molecule has 0 aliphatic carbocycles. The van der Waals surface area contributed by atoms with Crippen molar-refractivity contribution in [3.05, 3.63) is 89.7 Å². The summed E-state index contributed by atoms with van der Waals surface area (Å²) in [6.45, 7) is 8.57. The highest BCUT2D eigenvalue weighted by atomic mass is 127. The summed E-state index contributed by atoms with van der Waals surface area (Å²) >= 11 is 0. The minimum atomic E-state index is 0. The highest BCUT2D eigenvalue weighted by molar-refractivity contribution is 6.03. The molecule has 3 aromatic rings. The maximum atomic E-state index is 13.9. The molecule has 0 atom stereocenters. The van der Waals surface area contributed by atoms with Crippen molar-refractivity contribution in [2.24, 2.45) is 0 Å². The third-order valence-corrected chi connectivity index (χ3v) is 7.92. The van der Waals surface area contributed by atoms with Crippen molar-refractivity contribution < 1.29 is 38.1 Å². The Labute approximate surface area is 272 Å². The van der Waals surface area contributed by atoms with Crippen LogP contribution in [-0.2, 0) is 13.1 Å². The normalized spacial score (nSPS) is 10.7. The molecule has 0 aliphatic rings. The molecule has 4 nitrogen and oxygen atoms in total. The van der Waals surface area contributed by atoms with E-state index < -0.39 is 0 Å². The first-order valence-electron chi connectivity index (χ1n) is 16.2.